The lowest BCUT2D eigenvalue weighted by Crippen LogP contribution is -2.28. The van der Waals surface area contributed by atoms with Gasteiger partial charge in [-0.15, -0.1) is 11.3 Å². The Kier molecular flexibility index (Phi) is 3.08. The Bertz CT molecular complexity index is 769. The lowest BCUT2D eigenvalue weighted by Gasteiger charge is -2.16. The normalized spacial score (nSPS) is 14.3. The molecule has 8 heteroatoms. The molecule has 20 heavy (non-hydrogen) atoms. The van der Waals surface area contributed by atoms with E-state index in [2.05, 4.69) is 4.98 Å². The SMILES string of the molecule is NS(=O)(=O)c1ccc2c(c1)CCN2C(=O)c1cncs1. The molecule has 104 valence electrons. The highest BCUT2D eigenvalue weighted by Gasteiger charge is 2.27. The van der Waals surface area contributed by atoms with Gasteiger partial charge in [0.2, 0.25) is 10.0 Å². The van der Waals surface area contributed by atoms with Crippen LogP contribution in [-0.2, 0) is 16.4 Å². The molecular formula is C12H11N3O3S2. The van der Waals surface area contributed by atoms with E-state index < -0.39 is 10.0 Å². The van der Waals surface area contributed by atoms with Gasteiger partial charge >= 0.3 is 0 Å². The van der Waals surface area contributed by atoms with Crippen LogP contribution >= 0.6 is 11.3 Å². The average Bonchev–Trinajstić information content (AvgIpc) is 3.06. The van der Waals surface area contributed by atoms with E-state index in [1.807, 2.05) is 0 Å². The van der Waals surface area contributed by atoms with Crippen LogP contribution in [0.1, 0.15) is 15.2 Å². The number of carbonyl (C=O) groups excluding carboxylic acids is 1. The van der Waals surface area contributed by atoms with Crippen molar-refractivity contribution in [3.05, 3.63) is 40.3 Å². The number of fused-ring (bicyclic) bond motifs is 1. The number of thiazole rings is 1. The number of hydrogen-bond acceptors (Lipinski definition) is 5. The molecule has 0 spiro atoms. The van der Waals surface area contributed by atoms with Gasteiger partial charge in [0.1, 0.15) is 4.88 Å². The van der Waals surface area contributed by atoms with Crippen molar-refractivity contribution in [2.24, 2.45) is 5.14 Å². The van der Waals surface area contributed by atoms with Gasteiger partial charge in [-0.1, -0.05) is 0 Å². The van der Waals surface area contributed by atoms with Crippen LogP contribution in [0.5, 0.6) is 0 Å². The third-order valence-corrected chi connectivity index (χ3v) is 4.84. The van der Waals surface area contributed by atoms with Gasteiger partial charge in [0.25, 0.3) is 5.91 Å². The van der Waals surface area contributed by atoms with Crippen LogP contribution in [0.3, 0.4) is 0 Å². The summed E-state index contributed by atoms with van der Waals surface area (Å²) >= 11 is 1.28. The minimum Gasteiger partial charge on any atom is -0.307 e. The highest BCUT2D eigenvalue weighted by atomic mass is 32.2. The summed E-state index contributed by atoms with van der Waals surface area (Å²) in [6.07, 6.45) is 2.15. The molecule has 0 saturated heterocycles. The quantitative estimate of drug-likeness (QED) is 0.895. The van der Waals surface area contributed by atoms with Crippen molar-refractivity contribution in [1.29, 1.82) is 0 Å². The minimum absolute atomic E-state index is 0.0725. The fraction of sp³-hybridized carbons (Fsp3) is 0.167. The fourth-order valence-corrected chi connectivity index (χ4v) is 3.35. The van der Waals surface area contributed by atoms with Gasteiger partial charge in [-0.25, -0.2) is 13.6 Å². The lowest BCUT2D eigenvalue weighted by atomic mass is 10.2. The van der Waals surface area contributed by atoms with Crippen LogP contribution in [0.15, 0.2) is 34.8 Å². The molecule has 0 saturated carbocycles. The van der Waals surface area contributed by atoms with Crippen LogP contribution in [0, 0.1) is 0 Å². The van der Waals surface area contributed by atoms with Gasteiger partial charge in [0.15, 0.2) is 0 Å². The van der Waals surface area contributed by atoms with Crippen LogP contribution in [0.4, 0.5) is 5.69 Å². The van der Waals surface area contributed by atoms with Gasteiger partial charge in [-0.05, 0) is 30.2 Å². The zero-order valence-corrected chi connectivity index (χ0v) is 11.9. The van der Waals surface area contributed by atoms with E-state index in [1.165, 1.54) is 29.7 Å². The van der Waals surface area contributed by atoms with Gasteiger partial charge < -0.3 is 4.90 Å². The van der Waals surface area contributed by atoms with E-state index in [0.29, 0.717) is 17.8 Å². The second kappa shape index (κ2) is 4.65. The Morgan fingerprint density at radius 3 is 2.85 bits per heavy atom. The molecule has 6 nitrogen and oxygen atoms in total. The van der Waals surface area contributed by atoms with Gasteiger partial charge in [-0.2, -0.15) is 0 Å². The maximum Gasteiger partial charge on any atom is 0.269 e. The molecule has 1 aliphatic rings. The van der Waals surface area contributed by atoms with E-state index >= 15 is 0 Å². The maximum atomic E-state index is 12.3. The molecule has 2 aromatic rings. The molecule has 0 bridgehead atoms. The third kappa shape index (κ3) is 2.21. The van der Waals surface area contributed by atoms with Gasteiger partial charge in [-0.3, -0.25) is 9.78 Å². The van der Waals surface area contributed by atoms with Crippen LogP contribution in [0.2, 0.25) is 0 Å². The summed E-state index contributed by atoms with van der Waals surface area (Å²) in [5.41, 5.74) is 3.15. The Morgan fingerprint density at radius 1 is 1.40 bits per heavy atom. The second-order valence-corrected chi connectivity index (χ2v) is 6.86. The predicted octanol–water partition coefficient (Wildman–Crippen LogP) is 0.993. The molecule has 0 radical (unpaired) electrons. The molecule has 2 N–H and O–H groups in total. The zero-order valence-electron chi connectivity index (χ0n) is 10.3. The molecule has 0 fully saturated rings. The van der Waals surface area contributed by atoms with Crippen molar-refractivity contribution in [3.63, 3.8) is 0 Å². The van der Waals surface area contributed by atoms with E-state index in [-0.39, 0.29) is 10.8 Å². The van der Waals surface area contributed by atoms with Crippen molar-refractivity contribution < 1.29 is 13.2 Å². The summed E-state index contributed by atoms with van der Waals surface area (Å²) < 4.78 is 22.7. The first kappa shape index (κ1) is 13.2. The summed E-state index contributed by atoms with van der Waals surface area (Å²) in [7, 11) is -3.72. The monoisotopic (exact) mass is 309 g/mol. The summed E-state index contributed by atoms with van der Waals surface area (Å²) in [4.78, 5) is 18.5. The van der Waals surface area contributed by atoms with E-state index in [1.54, 1.807) is 16.5 Å². The van der Waals surface area contributed by atoms with Crippen molar-refractivity contribution in [3.8, 4) is 0 Å². The van der Waals surface area contributed by atoms with Gasteiger partial charge in [0.05, 0.1) is 16.6 Å². The number of amides is 1. The molecular weight excluding hydrogens is 298 g/mol. The Morgan fingerprint density at radius 2 is 2.20 bits per heavy atom. The smallest absolute Gasteiger partial charge is 0.269 e. The summed E-state index contributed by atoms with van der Waals surface area (Å²) in [5.74, 6) is -0.116. The lowest BCUT2D eigenvalue weighted by molar-refractivity contribution is 0.0993. The number of sulfonamides is 1. The summed E-state index contributed by atoms with van der Waals surface area (Å²) in [6.45, 7) is 0.528. The highest BCUT2D eigenvalue weighted by Crippen LogP contribution is 2.31. The zero-order chi connectivity index (χ0) is 14.3. The number of rotatable bonds is 2. The Labute approximate surface area is 119 Å². The molecule has 1 aromatic carbocycles. The first-order valence-electron chi connectivity index (χ1n) is 5.83. The Balaban J connectivity index is 1.98. The number of primary sulfonamides is 1. The van der Waals surface area contributed by atoms with Crippen LogP contribution < -0.4 is 10.0 Å². The topological polar surface area (TPSA) is 93.4 Å². The van der Waals surface area contributed by atoms with Gasteiger partial charge in [0, 0.05) is 12.2 Å². The number of hydrogen-bond donors (Lipinski definition) is 1. The van der Waals surface area contributed by atoms with E-state index in [4.69, 9.17) is 5.14 Å². The van der Waals surface area contributed by atoms with Crippen molar-refractivity contribution in [2.45, 2.75) is 11.3 Å². The molecule has 1 aromatic heterocycles. The van der Waals surface area contributed by atoms with Crippen LogP contribution in [0.25, 0.3) is 0 Å². The highest BCUT2D eigenvalue weighted by molar-refractivity contribution is 7.89. The molecule has 2 heterocycles. The largest absolute Gasteiger partial charge is 0.307 e. The number of benzene rings is 1. The molecule has 0 unspecified atom stereocenters. The molecule has 1 aliphatic heterocycles. The van der Waals surface area contributed by atoms with E-state index in [0.717, 1.165) is 11.3 Å². The number of aromatic nitrogens is 1. The molecule has 3 rings (SSSR count). The maximum absolute atomic E-state index is 12.3. The predicted molar refractivity (Wildman–Crippen MR) is 75.3 cm³/mol. The first-order chi connectivity index (χ1) is 9.47. The number of carbonyl (C=O) groups is 1. The van der Waals surface area contributed by atoms with Crippen molar-refractivity contribution in [2.75, 3.05) is 11.4 Å². The summed E-state index contributed by atoms with van der Waals surface area (Å²) in [6, 6.07) is 4.58. The average molecular weight is 309 g/mol. The van der Waals surface area contributed by atoms with Crippen LogP contribution in [-0.4, -0.2) is 25.9 Å². The number of nitrogens with two attached hydrogens (primary N) is 1. The Hall–Kier alpha value is -1.77. The summed E-state index contributed by atoms with van der Waals surface area (Å²) in [5, 5.41) is 5.11. The first-order valence-corrected chi connectivity index (χ1v) is 8.25. The van der Waals surface area contributed by atoms with E-state index in [9.17, 15) is 13.2 Å². The van der Waals surface area contributed by atoms with Crippen molar-refractivity contribution >= 4 is 33.0 Å². The number of anilines is 1. The molecule has 0 aliphatic carbocycles. The minimum atomic E-state index is -3.72. The molecule has 1 amide bonds. The number of nitrogens with zero attached hydrogens (tertiary/aromatic N) is 2. The second-order valence-electron chi connectivity index (χ2n) is 4.41. The third-order valence-electron chi connectivity index (χ3n) is 3.16. The standard InChI is InChI=1S/C12H11N3O3S2/c13-20(17,18)9-1-2-10-8(5-9)3-4-15(10)12(16)11-6-14-7-19-11/h1-2,5-7H,3-4H2,(H2,13,17,18). The van der Waals surface area contributed by atoms with Crippen molar-refractivity contribution in [1.82, 2.24) is 4.98 Å². The fourth-order valence-electron chi connectivity index (χ4n) is 2.22. The molecule has 0 atom stereocenters.